The molecule has 3 aromatic heterocycles. The lowest BCUT2D eigenvalue weighted by atomic mass is 9.86. The van der Waals surface area contributed by atoms with Gasteiger partial charge in [-0.2, -0.15) is 10.2 Å². The third kappa shape index (κ3) is 5.55. The summed E-state index contributed by atoms with van der Waals surface area (Å²) in [7, 11) is 0. The fourth-order valence-corrected chi connectivity index (χ4v) is 6.58. The highest BCUT2D eigenvalue weighted by atomic mass is 35.5. The Balaban J connectivity index is 1.25. The maximum atomic E-state index is 14.1. The Morgan fingerprint density at radius 2 is 1.74 bits per heavy atom. The van der Waals surface area contributed by atoms with Crippen molar-refractivity contribution in [1.29, 1.82) is 0 Å². The first-order valence-corrected chi connectivity index (χ1v) is 15.8. The van der Waals surface area contributed by atoms with E-state index in [0.29, 0.717) is 48.2 Å². The summed E-state index contributed by atoms with van der Waals surface area (Å²) < 4.78 is 1.76. The van der Waals surface area contributed by atoms with E-state index in [2.05, 4.69) is 52.2 Å². The van der Waals surface area contributed by atoms with Gasteiger partial charge in [0.1, 0.15) is 5.82 Å². The minimum atomic E-state index is -0.451. The van der Waals surface area contributed by atoms with Crippen LogP contribution in [-0.4, -0.2) is 67.7 Å². The molecule has 236 valence electrons. The number of hydrogen-bond donors (Lipinski definition) is 2. The SMILES string of the molecule is CC(=O)N1CCN(c2cccc(NC(=O)c3nn4c(-c5cn[nH]c5)cc(N5Cc6ccc(Cl)cc6C5)nc4c3C(C)(C)C)c2)CC1. The number of carbonyl (C=O) groups excluding carboxylic acids is 2. The second-order valence-corrected chi connectivity index (χ2v) is 13.4. The number of aromatic amines is 1. The van der Waals surface area contributed by atoms with Crippen molar-refractivity contribution in [3.05, 3.63) is 88.3 Å². The van der Waals surface area contributed by atoms with Crippen molar-refractivity contribution in [2.24, 2.45) is 0 Å². The lowest BCUT2D eigenvalue weighted by Crippen LogP contribution is -2.48. The first kappa shape index (κ1) is 29.8. The number of halogens is 1. The van der Waals surface area contributed by atoms with E-state index in [9.17, 15) is 9.59 Å². The van der Waals surface area contributed by atoms with Gasteiger partial charge in [-0.3, -0.25) is 14.7 Å². The largest absolute Gasteiger partial charge is 0.368 e. The Bertz CT molecular complexity index is 1950. The molecule has 0 atom stereocenters. The maximum absolute atomic E-state index is 14.1. The highest BCUT2D eigenvalue weighted by molar-refractivity contribution is 6.30. The first-order valence-electron chi connectivity index (χ1n) is 15.4. The summed E-state index contributed by atoms with van der Waals surface area (Å²) >= 11 is 6.30. The number of rotatable bonds is 5. The van der Waals surface area contributed by atoms with Gasteiger partial charge < -0.3 is 20.0 Å². The summed E-state index contributed by atoms with van der Waals surface area (Å²) in [5.41, 5.74) is 6.91. The lowest BCUT2D eigenvalue weighted by molar-refractivity contribution is -0.129. The number of carbonyl (C=O) groups is 2. The third-order valence-corrected chi connectivity index (χ3v) is 8.98. The number of H-pyrrole nitrogens is 1. The van der Waals surface area contributed by atoms with Crippen molar-refractivity contribution < 1.29 is 9.59 Å². The van der Waals surface area contributed by atoms with Gasteiger partial charge >= 0.3 is 0 Å². The molecule has 7 rings (SSSR count). The molecule has 12 heteroatoms. The monoisotopic (exact) mass is 637 g/mol. The summed E-state index contributed by atoms with van der Waals surface area (Å²) in [5.74, 6) is 0.568. The fourth-order valence-electron chi connectivity index (χ4n) is 6.39. The van der Waals surface area contributed by atoms with Gasteiger partial charge in [0.15, 0.2) is 11.3 Å². The van der Waals surface area contributed by atoms with Gasteiger partial charge in [-0.15, -0.1) is 0 Å². The normalized spacial score (nSPS) is 15.0. The van der Waals surface area contributed by atoms with E-state index in [4.69, 9.17) is 21.7 Å². The molecule has 46 heavy (non-hydrogen) atoms. The number of piperazine rings is 1. The molecule has 1 saturated heterocycles. The molecule has 0 spiro atoms. The Morgan fingerprint density at radius 3 is 2.46 bits per heavy atom. The third-order valence-electron chi connectivity index (χ3n) is 8.74. The molecule has 11 nitrogen and oxygen atoms in total. The number of nitrogens with zero attached hydrogens (tertiary/aromatic N) is 7. The molecule has 2 aromatic carbocycles. The van der Waals surface area contributed by atoms with Crippen molar-refractivity contribution in [3.8, 4) is 11.3 Å². The molecule has 2 amide bonds. The Morgan fingerprint density at radius 1 is 0.957 bits per heavy atom. The summed E-state index contributed by atoms with van der Waals surface area (Å²) in [4.78, 5) is 37.3. The lowest BCUT2D eigenvalue weighted by Gasteiger charge is -2.35. The summed E-state index contributed by atoms with van der Waals surface area (Å²) in [6, 6.07) is 15.8. The van der Waals surface area contributed by atoms with E-state index in [-0.39, 0.29) is 11.8 Å². The minimum Gasteiger partial charge on any atom is -0.368 e. The van der Waals surface area contributed by atoms with Crippen molar-refractivity contribution in [1.82, 2.24) is 29.7 Å². The predicted molar refractivity (Wildman–Crippen MR) is 179 cm³/mol. The van der Waals surface area contributed by atoms with Gasteiger partial charge in [0, 0.05) is 86.0 Å². The summed E-state index contributed by atoms with van der Waals surface area (Å²) in [6.07, 6.45) is 3.56. The van der Waals surface area contributed by atoms with Crippen LogP contribution in [0.4, 0.5) is 17.2 Å². The molecular formula is C34H36ClN9O2. The topological polar surface area (TPSA) is 115 Å². The Hall–Kier alpha value is -4.90. The molecule has 0 saturated carbocycles. The molecule has 0 radical (unpaired) electrons. The van der Waals surface area contributed by atoms with Crippen LogP contribution in [0.2, 0.25) is 5.02 Å². The molecule has 0 bridgehead atoms. The molecule has 2 aliphatic heterocycles. The van der Waals surface area contributed by atoms with Gasteiger partial charge in [-0.05, 0) is 46.9 Å². The second kappa shape index (κ2) is 11.5. The fraction of sp³-hybridized carbons (Fsp3) is 0.324. The average Bonchev–Trinajstić information content (AvgIpc) is 3.79. The molecule has 2 aliphatic rings. The number of benzene rings is 2. The highest BCUT2D eigenvalue weighted by Gasteiger charge is 2.32. The number of amides is 2. The molecule has 2 N–H and O–H groups in total. The number of aromatic nitrogens is 5. The van der Waals surface area contributed by atoms with E-state index in [1.54, 1.807) is 17.6 Å². The standard InChI is InChI=1S/C34H36ClN9O2/c1-21(45)41-10-12-42(13-11-41)27-7-5-6-26(15-27)38-33(46)31-30(34(2,3)4)32-39-29(16-28(44(32)40-31)24-17-36-37-18-24)43-19-22-8-9-25(35)14-23(22)20-43/h5-9,14-18H,10-13,19-20H2,1-4H3,(H,36,37)(H,38,46). The predicted octanol–water partition coefficient (Wildman–Crippen LogP) is 5.51. The van der Waals surface area contributed by atoms with Crippen LogP contribution in [0.15, 0.2) is 60.9 Å². The Kier molecular flexibility index (Phi) is 7.43. The molecule has 5 aromatic rings. The Labute approximate surface area is 272 Å². The average molecular weight is 638 g/mol. The van der Waals surface area contributed by atoms with Crippen LogP contribution >= 0.6 is 11.6 Å². The first-order chi connectivity index (χ1) is 22.0. The van der Waals surface area contributed by atoms with Gasteiger partial charge in [0.05, 0.1) is 11.9 Å². The van der Waals surface area contributed by atoms with Crippen LogP contribution in [0, 0.1) is 0 Å². The van der Waals surface area contributed by atoms with Crippen LogP contribution in [-0.2, 0) is 23.3 Å². The highest BCUT2D eigenvalue weighted by Crippen LogP contribution is 2.36. The van der Waals surface area contributed by atoms with E-state index in [0.717, 1.165) is 41.4 Å². The van der Waals surface area contributed by atoms with Gasteiger partial charge in [-0.1, -0.05) is 44.5 Å². The van der Waals surface area contributed by atoms with Crippen molar-refractivity contribution in [3.63, 3.8) is 0 Å². The summed E-state index contributed by atoms with van der Waals surface area (Å²) in [5, 5.41) is 15.8. The number of nitrogens with one attached hydrogen (secondary N) is 2. The number of hydrogen-bond acceptors (Lipinski definition) is 7. The molecule has 5 heterocycles. The molecule has 1 fully saturated rings. The van der Waals surface area contributed by atoms with Crippen molar-refractivity contribution in [2.75, 3.05) is 41.3 Å². The van der Waals surface area contributed by atoms with Crippen LogP contribution < -0.4 is 15.1 Å². The van der Waals surface area contributed by atoms with Crippen molar-refractivity contribution >= 4 is 46.3 Å². The van der Waals surface area contributed by atoms with E-state index < -0.39 is 5.41 Å². The number of anilines is 3. The maximum Gasteiger partial charge on any atom is 0.276 e. The quantitative estimate of drug-likeness (QED) is 0.261. The zero-order chi connectivity index (χ0) is 32.2. The van der Waals surface area contributed by atoms with Gasteiger partial charge in [-0.25, -0.2) is 9.50 Å². The number of fused-ring (bicyclic) bond motifs is 2. The zero-order valence-corrected chi connectivity index (χ0v) is 27.1. The van der Waals surface area contributed by atoms with Crippen LogP contribution in [0.1, 0.15) is 54.9 Å². The van der Waals surface area contributed by atoms with Gasteiger partial charge in [0.25, 0.3) is 5.91 Å². The molecule has 0 aliphatic carbocycles. The smallest absolute Gasteiger partial charge is 0.276 e. The minimum absolute atomic E-state index is 0.0933. The molecular weight excluding hydrogens is 602 g/mol. The molecule has 0 unspecified atom stereocenters. The van der Waals surface area contributed by atoms with Crippen LogP contribution in [0.25, 0.3) is 16.9 Å². The van der Waals surface area contributed by atoms with Gasteiger partial charge in [0.2, 0.25) is 5.91 Å². The zero-order valence-electron chi connectivity index (χ0n) is 26.3. The summed E-state index contributed by atoms with van der Waals surface area (Å²) in [6.45, 7) is 12.0. The van der Waals surface area contributed by atoms with E-state index in [1.807, 2.05) is 53.6 Å². The second-order valence-electron chi connectivity index (χ2n) is 13.0. The van der Waals surface area contributed by atoms with Crippen LogP contribution in [0.5, 0.6) is 0 Å². The van der Waals surface area contributed by atoms with Crippen LogP contribution in [0.3, 0.4) is 0 Å². The van der Waals surface area contributed by atoms with E-state index in [1.165, 1.54) is 11.1 Å². The van der Waals surface area contributed by atoms with Crippen molar-refractivity contribution in [2.45, 2.75) is 46.2 Å². The van der Waals surface area contributed by atoms with E-state index >= 15 is 0 Å².